The molecule has 0 radical (unpaired) electrons. The Hall–Kier alpha value is -2.82. The van der Waals surface area contributed by atoms with Crippen LogP contribution >= 0.6 is 0 Å². The van der Waals surface area contributed by atoms with Gasteiger partial charge < -0.3 is 14.6 Å². The van der Waals surface area contributed by atoms with E-state index in [0.29, 0.717) is 5.56 Å². The Morgan fingerprint density at radius 1 is 0.810 bits per heavy atom. The molecule has 0 aliphatic heterocycles. The van der Waals surface area contributed by atoms with Crippen LogP contribution in [0, 0.1) is 0 Å². The van der Waals surface area contributed by atoms with Crippen LogP contribution in [-0.4, -0.2) is 31.3 Å². The number of aromatic hydroxyl groups is 1. The molecule has 0 aromatic heterocycles. The zero-order valence-electron chi connectivity index (χ0n) is 11.6. The lowest BCUT2D eigenvalue weighted by molar-refractivity contribution is 0.0599. The monoisotopic (exact) mass is 286 g/mol. The number of methoxy groups -OCH3 is 2. The van der Waals surface area contributed by atoms with Gasteiger partial charge in [-0.05, 0) is 41.5 Å². The van der Waals surface area contributed by atoms with Crippen LogP contribution in [0.3, 0.4) is 0 Å². The molecular weight excluding hydrogens is 272 g/mol. The molecule has 0 saturated carbocycles. The maximum Gasteiger partial charge on any atom is 0.337 e. The Morgan fingerprint density at radius 3 is 1.71 bits per heavy atom. The van der Waals surface area contributed by atoms with Crippen molar-refractivity contribution >= 4 is 11.9 Å². The number of phenols is 1. The van der Waals surface area contributed by atoms with Crippen LogP contribution in [0.25, 0.3) is 11.1 Å². The average molecular weight is 286 g/mol. The van der Waals surface area contributed by atoms with Crippen molar-refractivity contribution in [3.8, 4) is 16.9 Å². The molecule has 0 heterocycles. The number of rotatable bonds is 3. The van der Waals surface area contributed by atoms with E-state index < -0.39 is 11.9 Å². The molecule has 0 aliphatic rings. The van der Waals surface area contributed by atoms with Gasteiger partial charge in [0.1, 0.15) is 5.75 Å². The third kappa shape index (κ3) is 3.20. The summed E-state index contributed by atoms with van der Waals surface area (Å²) in [5.74, 6) is -0.947. The fraction of sp³-hybridized carbons (Fsp3) is 0.125. The number of esters is 2. The van der Waals surface area contributed by atoms with Crippen molar-refractivity contribution < 1.29 is 24.2 Å². The van der Waals surface area contributed by atoms with Crippen molar-refractivity contribution in [3.63, 3.8) is 0 Å². The van der Waals surface area contributed by atoms with E-state index in [1.54, 1.807) is 24.3 Å². The Balaban J connectivity index is 2.56. The topological polar surface area (TPSA) is 72.8 Å². The Morgan fingerprint density at radius 2 is 1.29 bits per heavy atom. The average Bonchev–Trinajstić information content (AvgIpc) is 2.53. The summed E-state index contributed by atoms with van der Waals surface area (Å²) in [6, 6.07) is 11.1. The minimum Gasteiger partial charge on any atom is -0.508 e. The van der Waals surface area contributed by atoms with E-state index in [1.807, 2.05) is 0 Å². The second-order valence-corrected chi connectivity index (χ2v) is 4.33. The molecule has 21 heavy (non-hydrogen) atoms. The Kier molecular flexibility index (Phi) is 4.23. The first-order valence-electron chi connectivity index (χ1n) is 6.16. The third-order valence-corrected chi connectivity index (χ3v) is 2.98. The number of carbonyl (C=O) groups excluding carboxylic acids is 2. The number of hydrogen-bond donors (Lipinski definition) is 1. The largest absolute Gasteiger partial charge is 0.508 e. The molecule has 2 aromatic carbocycles. The van der Waals surface area contributed by atoms with Crippen LogP contribution in [-0.2, 0) is 9.47 Å². The van der Waals surface area contributed by atoms with Crippen molar-refractivity contribution in [2.24, 2.45) is 0 Å². The van der Waals surface area contributed by atoms with Crippen molar-refractivity contribution in [2.75, 3.05) is 14.2 Å². The van der Waals surface area contributed by atoms with Gasteiger partial charge in [-0.2, -0.15) is 0 Å². The summed E-state index contributed by atoms with van der Waals surface area (Å²) in [6.07, 6.45) is 0. The van der Waals surface area contributed by atoms with Crippen molar-refractivity contribution in [2.45, 2.75) is 0 Å². The first-order chi connectivity index (χ1) is 10.0. The van der Waals surface area contributed by atoms with Crippen LogP contribution in [0.1, 0.15) is 20.7 Å². The second-order valence-electron chi connectivity index (χ2n) is 4.33. The van der Waals surface area contributed by atoms with Crippen molar-refractivity contribution in [1.82, 2.24) is 0 Å². The van der Waals surface area contributed by atoms with E-state index in [2.05, 4.69) is 9.47 Å². The molecule has 108 valence electrons. The van der Waals surface area contributed by atoms with E-state index in [4.69, 9.17) is 0 Å². The molecule has 5 heteroatoms. The van der Waals surface area contributed by atoms with Crippen molar-refractivity contribution in [3.05, 3.63) is 53.6 Å². The van der Waals surface area contributed by atoms with Crippen LogP contribution in [0.2, 0.25) is 0 Å². The summed E-state index contributed by atoms with van der Waals surface area (Å²) < 4.78 is 9.37. The third-order valence-electron chi connectivity index (χ3n) is 2.98. The van der Waals surface area contributed by atoms with Gasteiger partial charge >= 0.3 is 11.9 Å². The van der Waals surface area contributed by atoms with E-state index in [0.717, 1.165) is 5.56 Å². The maximum absolute atomic E-state index is 11.7. The summed E-state index contributed by atoms with van der Waals surface area (Å²) in [6.45, 7) is 0. The molecule has 5 nitrogen and oxygen atoms in total. The molecule has 0 bridgehead atoms. The lowest BCUT2D eigenvalue weighted by Gasteiger charge is -2.08. The van der Waals surface area contributed by atoms with Gasteiger partial charge in [-0.25, -0.2) is 9.59 Å². The molecule has 0 spiro atoms. The summed E-state index contributed by atoms with van der Waals surface area (Å²) in [4.78, 5) is 23.4. The normalized spacial score (nSPS) is 10.0. The van der Waals surface area contributed by atoms with Gasteiger partial charge in [-0.1, -0.05) is 12.1 Å². The van der Waals surface area contributed by atoms with E-state index in [-0.39, 0.29) is 16.9 Å². The molecule has 0 fully saturated rings. The Labute approximate surface area is 121 Å². The highest BCUT2D eigenvalue weighted by molar-refractivity contribution is 5.97. The van der Waals surface area contributed by atoms with E-state index in [1.165, 1.54) is 32.4 Å². The summed E-state index contributed by atoms with van der Waals surface area (Å²) in [5, 5.41) is 9.32. The van der Waals surface area contributed by atoms with Gasteiger partial charge in [-0.3, -0.25) is 0 Å². The minimum atomic E-state index is -0.541. The molecule has 0 saturated heterocycles. The lowest BCUT2D eigenvalue weighted by atomic mass is 9.99. The van der Waals surface area contributed by atoms with Gasteiger partial charge in [0.15, 0.2) is 0 Å². The smallest absolute Gasteiger partial charge is 0.337 e. The molecular formula is C16H14O5. The second kappa shape index (κ2) is 6.09. The quantitative estimate of drug-likeness (QED) is 0.878. The first-order valence-corrected chi connectivity index (χ1v) is 6.16. The van der Waals surface area contributed by atoms with Crippen LogP contribution in [0.5, 0.6) is 5.75 Å². The summed E-state index contributed by atoms with van der Waals surface area (Å²) >= 11 is 0. The number of hydrogen-bond acceptors (Lipinski definition) is 5. The predicted octanol–water partition coefficient (Wildman–Crippen LogP) is 2.63. The SMILES string of the molecule is COC(=O)c1cc(C(=O)OC)cc(-c2ccc(O)cc2)c1. The molecule has 2 aromatic rings. The zero-order chi connectivity index (χ0) is 15.4. The van der Waals surface area contributed by atoms with Crippen LogP contribution < -0.4 is 0 Å². The molecule has 0 atom stereocenters. The molecule has 1 N–H and O–H groups in total. The minimum absolute atomic E-state index is 0.135. The molecule has 2 rings (SSSR count). The highest BCUT2D eigenvalue weighted by Gasteiger charge is 2.14. The number of ether oxygens (including phenoxy) is 2. The molecule has 0 amide bonds. The molecule has 0 aliphatic carbocycles. The van der Waals surface area contributed by atoms with Gasteiger partial charge in [0, 0.05) is 0 Å². The molecule has 0 unspecified atom stereocenters. The number of carbonyl (C=O) groups is 2. The fourth-order valence-corrected chi connectivity index (χ4v) is 1.92. The zero-order valence-corrected chi connectivity index (χ0v) is 11.6. The van der Waals surface area contributed by atoms with Crippen LogP contribution in [0.4, 0.5) is 0 Å². The van der Waals surface area contributed by atoms with E-state index >= 15 is 0 Å². The lowest BCUT2D eigenvalue weighted by Crippen LogP contribution is -2.07. The Bertz CT molecular complexity index is 639. The van der Waals surface area contributed by atoms with Gasteiger partial charge in [0.2, 0.25) is 0 Å². The van der Waals surface area contributed by atoms with Crippen molar-refractivity contribution in [1.29, 1.82) is 0 Å². The standard InChI is InChI=1S/C16H14O5/c1-20-15(18)12-7-11(8-13(9-12)16(19)21-2)10-3-5-14(17)6-4-10/h3-9,17H,1-2H3. The highest BCUT2D eigenvalue weighted by atomic mass is 16.5. The van der Waals surface area contributed by atoms with Gasteiger partial charge in [0.25, 0.3) is 0 Å². The number of phenolic OH excluding ortho intramolecular Hbond substituents is 1. The number of benzene rings is 2. The van der Waals surface area contributed by atoms with Gasteiger partial charge in [0.05, 0.1) is 25.3 Å². The fourth-order valence-electron chi connectivity index (χ4n) is 1.92. The predicted molar refractivity (Wildman–Crippen MR) is 76.2 cm³/mol. The van der Waals surface area contributed by atoms with Gasteiger partial charge in [-0.15, -0.1) is 0 Å². The highest BCUT2D eigenvalue weighted by Crippen LogP contribution is 2.25. The summed E-state index contributed by atoms with van der Waals surface area (Å²) in [5.41, 5.74) is 1.91. The van der Waals surface area contributed by atoms with E-state index in [9.17, 15) is 14.7 Å². The summed E-state index contributed by atoms with van der Waals surface area (Å²) in [7, 11) is 2.54. The first kappa shape index (κ1) is 14.6. The maximum atomic E-state index is 11.7. The van der Waals surface area contributed by atoms with Crippen LogP contribution in [0.15, 0.2) is 42.5 Å².